The molecule has 0 saturated carbocycles. The second-order valence-electron chi connectivity index (χ2n) is 8.00. The van der Waals surface area contributed by atoms with Crippen molar-refractivity contribution in [2.24, 2.45) is 11.8 Å². The molecule has 3 aromatic carbocycles. The first-order valence-corrected chi connectivity index (χ1v) is 10.2. The van der Waals surface area contributed by atoms with E-state index in [4.69, 9.17) is 9.47 Å². The fraction of sp³-hybridized carbons (Fsp3) is 0.185. The maximum Gasteiger partial charge on any atom is 0.125 e. The van der Waals surface area contributed by atoms with E-state index >= 15 is 0 Å². The predicted octanol–water partition coefficient (Wildman–Crippen LogP) is 6.23. The molecule has 2 aliphatic heterocycles. The van der Waals surface area contributed by atoms with Crippen LogP contribution in [0.15, 0.2) is 91.0 Å². The molecule has 2 bridgehead atoms. The number of fused-ring (bicyclic) bond motifs is 8. The summed E-state index contributed by atoms with van der Waals surface area (Å²) in [5.41, 5.74) is 7.70. The molecule has 0 amide bonds. The van der Waals surface area contributed by atoms with E-state index in [1.165, 1.54) is 33.4 Å². The first kappa shape index (κ1) is 16.8. The summed E-state index contributed by atoms with van der Waals surface area (Å²) in [6.45, 7) is 0. The van der Waals surface area contributed by atoms with Crippen molar-refractivity contribution in [1.82, 2.24) is 0 Å². The van der Waals surface area contributed by atoms with E-state index in [0.29, 0.717) is 11.8 Å². The zero-order valence-electron chi connectivity index (χ0n) is 16.3. The summed E-state index contributed by atoms with van der Waals surface area (Å²) in [4.78, 5) is 0. The average Bonchev–Trinajstić information content (AvgIpc) is 3.37. The summed E-state index contributed by atoms with van der Waals surface area (Å²) in [6, 6.07) is 27.7. The molecule has 0 unspecified atom stereocenters. The van der Waals surface area contributed by atoms with Gasteiger partial charge in [0, 0.05) is 17.4 Å². The topological polar surface area (TPSA) is 18.5 Å². The minimum Gasteiger partial charge on any atom is -0.496 e. The third kappa shape index (κ3) is 2.46. The van der Waals surface area contributed by atoms with Crippen LogP contribution >= 0.6 is 0 Å². The Hall–Kier alpha value is -3.10. The molecule has 142 valence electrons. The molecule has 0 aromatic heterocycles. The second kappa shape index (κ2) is 6.47. The number of ether oxygens (including phenoxy) is 2. The molecule has 0 spiro atoms. The summed E-state index contributed by atoms with van der Waals surface area (Å²) in [5.74, 6) is 1.58. The molecule has 0 N–H and O–H groups in total. The number of hydrogen-bond donors (Lipinski definition) is 0. The maximum atomic E-state index is 6.60. The van der Waals surface area contributed by atoms with Gasteiger partial charge in [0.2, 0.25) is 0 Å². The lowest BCUT2D eigenvalue weighted by Gasteiger charge is -2.34. The normalized spacial score (nSPS) is 26.4. The molecule has 1 fully saturated rings. The predicted molar refractivity (Wildman–Crippen MR) is 115 cm³/mol. The van der Waals surface area contributed by atoms with Gasteiger partial charge in [-0.15, -0.1) is 0 Å². The molecule has 4 atom stereocenters. The molecule has 3 aliphatic rings. The highest BCUT2D eigenvalue weighted by Crippen LogP contribution is 2.64. The van der Waals surface area contributed by atoms with Gasteiger partial charge < -0.3 is 9.47 Å². The lowest BCUT2D eigenvalue weighted by atomic mass is 9.67. The summed E-state index contributed by atoms with van der Waals surface area (Å²) in [6.07, 6.45) is 4.92. The highest BCUT2D eigenvalue weighted by Gasteiger charge is 2.54. The number of rotatable bonds is 3. The Balaban J connectivity index is 1.54. The standard InChI is InChI=1S/C27H22O2/c1-28-23-14-8-13-20-25(23)27-24-21(18-11-6-3-7-12-18)15-19(16-22(24)26(20)29-27)17-9-4-2-5-10-17/h2-16,22,24,26-27H,1H3/t22-,24+,26+,27+/m1/s1. The van der Waals surface area contributed by atoms with Crippen LogP contribution in [0.3, 0.4) is 0 Å². The van der Waals surface area contributed by atoms with Crippen molar-refractivity contribution in [3.05, 3.63) is 113 Å². The molecule has 6 rings (SSSR count). The number of hydrogen-bond acceptors (Lipinski definition) is 2. The van der Waals surface area contributed by atoms with Crippen molar-refractivity contribution in [3.63, 3.8) is 0 Å². The average molecular weight is 378 g/mol. The third-order valence-corrected chi connectivity index (χ3v) is 6.55. The zero-order chi connectivity index (χ0) is 19.4. The van der Waals surface area contributed by atoms with Crippen molar-refractivity contribution in [3.8, 4) is 5.75 Å². The molecule has 2 heterocycles. The molecule has 1 aliphatic carbocycles. The lowest BCUT2D eigenvalue weighted by molar-refractivity contribution is 0.0602. The molecular weight excluding hydrogens is 356 g/mol. The third-order valence-electron chi connectivity index (χ3n) is 6.55. The van der Waals surface area contributed by atoms with Gasteiger partial charge in [-0.2, -0.15) is 0 Å². The summed E-state index contributed by atoms with van der Waals surface area (Å²) in [7, 11) is 1.75. The van der Waals surface area contributed by atoms with E-state index in [2.05, 4.69) is 91.0 Å². The monoisotopic (exact) mass is 378 g/mol. The van der Waals surface area contributed by atoms with E-state index in [0.717, 1.165) is 5.75 Å². The van der Waals surface area contributed by atoms with E-state index in [9.17, 15) is 0 Å². The second-order valence-corrected chi connectivity index (χ2v) is 8.00. The molecule has 0 radical (unpaired) electrons. The van der Waals surface area contributed by atoms with Crippen molar-refractivity contribution in [2.75, 3.05) is 7.11 Å². The van der Waals surface area contributed by atoms with Gasteiger partial charge in [0.05, 0.1) is 19.3 Å². The lowest BCUT2D eigenvalue weighted by Crippen LogP contribution is -2.24. The van der Waals surface area contributed by atoms with Gasteiger partial charge in [-0.05, 0) is 33.9 Å². The Kier molecular flexibility index (Phi) is 3.75. The van der Waals surface area contributed by atoms with Crippen LogP contribution in [-0.2, 0) is 4.74 Å². The Morgan fingerprint density at radius 2 is 1.48 bits per heavy atom. The van der Waals surface area contributed by atoms with Crippen LogP contribution in [0.1, 0.15) is 34.5 Å². The largest absolute Gasteiger partial charge is 0.496 e. The maximum absolute atomic E-state index is 6.60. The smallest absolute Gasteiger partial charge is 0.125 e. The van der Waals surface area contributed by atoms with E-state index in [1.807, 2.05) is 0 Å². The van der Waals surface area contributed by atoms with Crippen LogP contribution in [0, 0.1) is 11.8 Å². The van der Waals surface area contributed by atoms with E-state index in [1.54, 1.807) is 7.11 Å². The fourth-order valence-electron chi connectivity index (χ4n) is 5.34. The van der Waals surface area contributed by atoms with Crippen molar-refractivity contribution in [2.45, 2.75) is 12.2 Å². The van der Waals surface area contributed by atoms with Gasteiger partial charge in [0.15, 0.2) is 0 Å². The zero-order valence-corrected chi connectivity index (χ0v) is 16.3. The molecular formula is C27H22O2. The molecule has 2 heteroatoms. The number of allylic oxidation sites excluding steroid dienone is 2. The molecule has 29 heavy (non-hydrogen) atoms. The SMILES string of the molecule is COc1cccc2c1[C@H]1O[C@@H]2[C@@H]2C=C(c3ccccc3)C=C(c3ccccc3)[C@@H]21. The van der Waals surface area contributed by atoms with E-state index in [-0.39, 0.29) is 12.2 Å². The first-order valence-electron chi connectivity index (χ1n) is 10.2. The Morgan fingerprint density at radius 1 is 0.759 bits per heavy atom. The molecule has 3 aromatic rings. The molecule has 1 saturated heterocycles. The minimum absolute atomic E-state index is 0.0381. The Labute approximate surface area is 171 Å². The van der Waals surface area contributed by atoms with Crippen LogP contribution in [0.2, 0.25) is 0 Å². The number of methoxy groups -OCH3 is 1. The highest BCUT2D eigenvalue weighted by molar-refractivity contribution is 5.88. The quantitative estimate of drug-likeness (QED) is 0.537. The Bertz CT molecular complexity index is 1130. The summed E-state index contributed by atoms with van der Waals surface area (Å²) in [5, 5.41) is 0. The van der Waals surface area contributed by atoms with Crippen LogP contribution in [0.25, 0.3) is 11.1 Å². The van der Waals surface area contributed by atoms with Gasteiger partial charge in [0.25, 0.3) is 0 Å². The summed E-state index contributed by atoms with van der Waals surface area (Å²) >= 11 is 0. The summed E-state index contributed by atoms with van der Waals surface area (Å²) < 4.78 is 12.3. The van der Waals surface area contributed by atoms with Crippen LogP contribution in [0.4, 0.5) is 0 Å². The van der Waals surface area contributed by atoms with E-state index < -0.39 is 0 Å². The van der Waals surface area contributed by atoms with Gasteiger partial charge in [-0.3, -0.25) is 0 Å². The minimum atomic E-state index is 0.0381. The molecule has 2 nitrogen and oxygen atoms in total. The van der Waals surface area contributed by atoms with Crippen molar-refractivity contribution < 1.29 is 9.47 Å². The van der Waals surface area contributed by atoms with Crippen molar-refractivity contribution >= 4 is 11.1 Å². The van der Waals surface area contributed by atoms with Gasteiger partial charge in [-0.1, -0.05) is 84.9 Å². The van der Waals surface area contributed by atoms with Gasteiger partial charge in [-0.25, -0.2) is 0 Å². The van der Waals surface area contributed by atoms with Crippen molar-refractivity contribution in [1.29, 1.82) is 0 Å². The van der Waals surface area contributed by atoms with Crippen LogP contribution in [-0.4, -0.2) is 7.11 Å². The van der Waals surface area contributed by atoms with Gasteiger partial charge in [0.1, 0.15) is 5.75 Å². The van der Waals surface area contributed by atoms with Crippen LogP contribution < -0.4 is 4.74 Å². The first-order chi connectivity index (χ1) is 14.3. The fourth-order valence-corrected chi connectivity index (χ4v) is 5.34. The highest BCUT2D eigenvalue weighted by atomic mass is 16.5. The Morgan fingerprint density at radius 3 is 2.21 bits per heavy atom. The van der Waals surface area contributed by atoms with Crippen LogP contribution in [0.5, 0.6) is 5.75 Å². The van der Waals surface area contributed by atoms with Gasteiger partial charge >= 0.3 is 0 Å². The number of benzene rings is 3.